The Balaban J connectivity index is 2.29. The number of aromatic nitrogens is 1. The van der Waals surface area contributed by atoms with Crippen molar-refractivity contribution in [3.63, 3.8) is 0 Å². The van der Waals surface area contributed by atoms with Crippen LogP contribution in [-0.4, -0.2) is 34.9 Å². The lowest BCUT2D eigenvalue weighted by Crippen LogP contribution is -2.53. The summed E-state index contributed by atoms with van der Waals surface area (Å²) in [6.07, 6.45) is 2.09. The third-order valence-electron chi connectivity index (χ3n) is 3.40. The van der Waals surface area contributed by atoms with Crippen molar-refractivity contribution < 1.29 is 23.2 Å². The minimum atomic E-state index is -4.13. The molecule has 1 aliphatic carbocycles. The molecule has 1 aromatic heterocycles. The van der Waals surface area contributed by atoms with Gasteiger partial charge in [0.25, 0.3) is 0 Å². The zero-order valence-corrected chi connectivity index (χ0v) is 11.8. The van der Waals surface area contributed by atoms with Crippen molar-refractivity contribution in [1.29, 1.82) is 0 Å². The van der Waals surface area contributed by atoms with Gasteiger partial charge in [-0.05, 0) is 41.7 Å². The summed E-state index contributed by atoms with van der Waals surface area (Å²) in [5.41, 5.74) is -1.60. The predicted molar refractivity (Wildman–Crippen MR) is 70.0 cm³/mol. The van der Waals surface area contributed by atoms with Crippen molar-refractivity contribution in [2.24, 2.45) is 5.92 Å². The summed E-state index contributed by atoms with van der Waals surface area (Å²) < 4.78 is 26.5. The molecule has 1 aliphatic rings. The van der Waals surface area contributed by atoms with Crippen LogP contribution in [0.25, 0.3) is 0 Å². The van der Waals surface area contributed by atoms with E-state index in [-0.39, 0.29) is 10.8 Å². The molecule has 114 valence electrons. The van der Waals surface area contributed by atoms with Gasteiger partial charge < -0.3 is 15.2 Å². The van der Waals surface area contributed by atoms with E-state index in [4.69, 9.17) is 0 Å². The molecule has 1 atom stereocenters. The van der Waals surface area contributed by atoms with Crippen LogP contribution in [0.1, 0.15) is 19.8 Å². The van der Waals surface area contributed by atoms with Gasteiger partial charge >= 0.3 is 11.8 Å². The maximum Gasteiger partial charge on any atom is 0.363 e. The first-order valence-electron chi connectivity index (χ1n) is 6.04. The maximum atomic E-state index is 12.2. The Labute approximate surface area is 120 Å². The quantitative estimate of drug-likeness (QED) is 0.576. The highest BCUT2D eigenvalue weighted by molar-refractivity contribution is 7.89. The molecular formula is C11H13N3O6S. The Morgan fingerprint density at radius 2 is 2.14 bits per heavy atom. The third-order valence-corrected chi connectivity index (χ3v) is 4.96. The predicted octanol–water partition coefficient (Wildman–Crippen LogP) is 0.521. The lowest BCUT2D eigenvalue weighted by atomic mass is 9.98. The van der Waals surface area contributed by atoms with E-state index in [0.717, 1.165) is 18.3 Å². The van der Waals surface area contributed by atoms with Crippen molar-refractivity contribution in [1.82, 2.24) is 9.71 Å². The van der Waals surface area contributed by atoms with Crippen LogP contribution in [0, 0.1) is 16.0 Å². The summed E-state index contributed by atoms with van der Waals surface area (Å²) in [5.74, 6) is -2.02. The number of carboxylic acids is 1. The van der Waals surface area contributed by atoms with Gasteiger partial charge in [-0.1, -0.05) is 0 Å². The Kier molecular flexibility index (Phi) is 3.68. The normalized spacial score (nSPS) is 18.0. The van der Waals surface area contributed by atoms with Gasteiger partial charge in [0.15, 0.2) is 6.20 Å². The van der Waals surface area contributed by atoms with Crippen LogP contribution < -0.4 is 4.72 Å². The second-order valence-corrected chi connectivity index (χ2v) is 6.68. The second-order valence-electron chi connectivity index (χ2n) is 5.00. The van der Waals surface area contributed by atoms with Gasteiger partial charge in [-0.3, -0.25) is 4.79 Å². The van der Waals surface area contributed by atoms with Crippen LogP contribution in [0.15, 0.2) is 23.2 Å². The highest BCUT2D eigenvalue weighted by Gasteiger charge is 2.50. The van der Waals surface area contributed by atoms with E-state index in [1.54, 1.807) is 0 Å². The van der Waals surface area contributed by atoms with E-state index < -0.39 is 32.3 Å². The molecule has 0 saturated heterocycles. The van der Waals surface area contributed by atoms with Crippen molar-refractivity contribution >= 4 is 21.8 Å². The van der Waals surface area contributed by atoms with Crippen LogP contribution in [-0.2, 0) is 14.8 Å². The van der Waals surface area contributed by atoms with Crippen LogP contribution in [0.2, 0.25) is 0 Å². The average Bonchev–Trinajstić information content (AvgIpc) is 3.22. The molecule has 2 N–H and O–H groups in total. The van der Waals surface area contributed by atoms with Gasteiger partial charge in [-0.25, -0.2) is 8.42 Å². The first kappa shape index (κ1) is 15.3. The number of nitrogens with one attached hydrogen (secondary N) is 1. The number of sulfonamides is 1. The zero-order valence-electron chi connectivity index (χ0n) is 11.0. The first-order valence-corrected chi connectivity index (χ1v) is 7.53. The Morgan fingerprint density at radius 3 is 2.52 bits per heavy atom. The van der Waals surface area contributed by atoms with Crippen molar-refractivity contribution in [3.8, 4) is 0 Å². The molecule has 1 aromatic rings. The summed E-state index contributed by atoms with van der Waals surface area (Å²) in [6, 6.07) is 1.96. The molecule has 0 radical (unpaired) electrons. The number of hydrogen-bond acceptors (Lipinski definition) is 6. The summed E-state index contributed by atoms with van der Waals surface area (Å²) in [7, 11) is -4.13. The Bertz CT molecular complexity index is 682. The van der Waals surface area contributed by atoms with Gasteiger partial charge in [0.1, 0.15) is 10.4 Å². The summed E-state index contributed by atoms with van der Waals surface area (Å²) in [6.45, 7) is 1.31. The first-order chi connectivity index (χ1) is 9.67. The minimum Gasteiger partial charge on any atom is -0.480 e. The maximum absolute atomic E-state index is 12.2. The summed E-state index contributed by atoms with van der Waals surface area (Å²) >= 11 is 0. The summed E-state index contributed by atoms with van der Waals surface area (Å²) in [4.78, 5) is 24.1. The SMILES string of the molecule is CC(NS(=O)(=O)c1ccc([N+](=O)[O-])nc1)(C(=O)O)C1CC1. The van der Waals surface area contributed by atoms with Gasteiger partial charge in [-0.2, -0.15) is 4.72 Å². The molecule has 1 unspecified atom stereocenters. The molecule has 1 fully saturated rings. The monoisotopic (exact) mass is 315 g/mol. The van der Waals surface area contributed by atoms with Crippen LogP contribution in [0.3, 0.4) is 0 Å². The number of pyridine rings is 1. The van der Waals surface area contributed by atoms with Gasteiger partial charge in [0.2, 0.25) is 10.0 Å². The Hall–Kier alpha value is -2.07. The van der Waals surface area contributed by atoms with Gasteiger partial charge in [0.05, 0.1) is 0 Å². The number of carbonyl (C=O) groups is 1. The van der Waals surface area contributed by atoms with Crippen LogP contribution in [0.5, 0.6) is 0 Å². The molecule has 0 bridgehead atoms. The molecule has 0 spiro atoms. The number of carboxylic acid groups (broad SMARTS) is 1. The number of nitro groups is 1. The fourth-order valence-corrected chi connectivity index (χ4v) is 3.31. The molecule has 0 aromatic carbocycles. The van der Waals surface area contributed by atoms with E-state index in [1.165, 1.54) is 6.92 Å². The molecule has 9 nitrogen and oxygen atoms in total. The molecule has 1 saturated carbocycles. The third kappa shape index (κ3) is 3.00. The molecule has 0 amide bonds. The minimum absolute atomic E-state index is 0.268. The molecule has 0 aliphatic heterocycles. The smallest absolute Gasteiger partial charge is 0.363 e. The second kappa shape index (κ2) is 5.04. The van der Waals surface area contributed by atoms with E-state index in [1.807, 2.05) is 0 Å². The fourth-order valence-electron chi connectivity index (χ4n) is 1.94. The van der Waals surface area contributed by atoms with E-state index in [9.17, 15) is 28.4 Å². The largest absolute Gasteiger partial charge is 0.480 e. The molecule has 1 heterocycles. The van der Waals surface area contributed by atoms with Crippen molar-refractivity contribution in [2.75, 3.05) is 0 Å². The summed E-state index contributed by atoms with van der Waals surface area (Å²) in [5, 5.41) is 19.7. The number of aliphatic carboxylic acids is 1. The zero-order chi connectivity index (χ0) is 15.8. The van der Waals surface area contributed by atoms with E-state index in [2.05, 4.69) is 9.71 Å². The lowest BCUT2D eigenvalue weighted by molar-refractivity contribution is -0.389. The molecule has 10 heteroatoms. The standard InChI is InChI=1S/C11H13N3O6S/c1-11(10(15)16,7-2-3-7)13-21(19,20)8-4-5-9(12-6-8)14(17)18/h4-7,13H,2-3H2,1H3,(H,15,16). The topological polar surface area (TPSA) is 140 Å². The number of nitrogens with zero attached hydrogens (tertiary/aromatic N) is 2. The van der Waals surface area contributed by atoms with E-state index >= 15 is 0 Å². The number of hydrogen-bond donors (Lipinski definition) is 2. The van der Waals surface area contributed by atoms with Crippen molar-refractivity contribution in [2.45, 2.75) is 30.2 Å². The van der Waals surface area contributed by atoms with Crippen LogP contribution in [0.4, 0.5) is 5.82 Å². The van der Waals surface area contributed by atoms with Crippen LogP contribution >= 0.6 is 0 Å². The Morgan fingerprint density at radius 1 is 1.52 bits per heavy atom. The lowest BCUT2D eigenvalue weighted by Gasteiger charge is -2.25. The molecule has 2 rings (SSSR count). The van der Waals surface area contributed by atoms with Gasteiger partial charge in [-0.15, -0.1) is 0 Å². The molecular weight excluding hydrogens is 302 g/mol. The average molecular weight is 315 g/mol. The molecule has 21 heavy (non-hydrogen) atoms. The highest BCUT2D eigenvalue weighted by Crippen LogP contribution is 2.40. The fraction of sp³-hybridized carbons (Fsp3) is 0.455. The van der Waals surface area contributed by atoms with Crippen molar-refractivity contribution in [3.05, 3.63) is 28.4 Å². The van der Waals surface area contributed by atoms with E-state index in [0.29, 0.717) is 12.8 Å². The highest BCUT2D eigenvalue weighted by atomic mass is 32.2. The van der Waals surface area contributed by atoms with Gasteiger partial charge in [0, 0.05) is 6.07 Å². The number of rotatable bonds is 6.